The highest BCUT2D eigenvalue weighted by Gasteiger charge is 2.41. The van der Waals surface area contributed by atoms with E-state index in [1.807, 2.05) is 31.2 Å². The number of hydrogen-bond acceptors (Lipinski definition) is 5. The maximum atomic E-state index is 12.8. The number of anilines is 2. The summed E-state index contributed by atoms with van der Waals surface area (Å²) in [5, 5.41) is 14.1. The number of para-hydroxylation sites is 1. The maximum absolute atomic E-state index is 12.8. The zero-order chi connectivity index (χ0) is 19.7. The van der Waals surface area contributed by atoms with Crippen molar-refractivity contribution in [2.45, 2.75) is 19.4 Å². The van der Waals surface area contributed by atoms with Crippen LogP contribution < -0.4 is 15.1 Å². The molecule has 2 atom stereocenters. The number of hydrogen-bond donors (Lipinski definition) is 1. The van der Waals surface area contributed by atoms with Gasteiger partial charge >= 0.3 is 0 Å². The van der Waals surface area contributed by atoms with Gasteiger partial charge in [0, 0.05) is 49.7 Å². The lowest BCUT2D eigenvalue weighted by Gasteiger charge is -2.49. The zero-order valence-electron chi connectivity index (χ0n) is 15.9. The quantitative estimate of drug-likeness (QED) is 0.652. The van der Waals surface area contributed by atoms with Crippen molar-refractivity contribution >= 4 is 23.0 Å². The number of amides is 1. The number of nitro benzene ring substituents is 1. The molecule has 0 bridgehead atoms. The summed E-state index contributed by atoms with van der Waals surface area (Å²) >= 11 is 0. The van der Waals surface area contributed by atoms with E-state index in [2.05, 4.69) is 27.2 Å². The van der Waals surface area contributed by atoms with Gasteiger partial charge in [0.1, 0.15) is 0 Å². The number of non-ortho nitro benzene ring substituents is 1. The maximum Gasteiger partial charge on any atom is 0.269 e. The van der Waals surface area contributed by atoms with Gasteiger partial charge in [-0.2, -0.15) is 0 Å². The molecule has 1 N–H and O–H groups in total. The van der Waals surface area contributed by atoms with Crippen LogP contribution in [0.5, 0.6) is 0 Å². The molecular weight excluding hydrogens is 356 g/mol. The first-order valence-corrected chi connectivity index (χ1v) is 9.70. The Morgan fingerprint density at radius 2 is 2.00 bits per heavy atom. The van der Waals surface area contributed by atoms with Crippen molar-refractivity contribution in [1.82, 2.24) is 5.32 Å². The number of nitrogens with one attached hydrogen (secondary N) is 1. The second-order valence-electron chi connectivity index (χ2n) is 7.32. The molecule has 0 aromatic heterocycles. The molecule has 2 aliphatic rings. The number of benzene rings is 2. The van der Waals surface area contributed by atoms with Crippen LogP contribution in [0, 0.1) is 16.0 Å². The summed E-state index contributed by atoms with van der Waals surface area (Å²) in [6, 6.07) is 15.3. The van der Waals surface area contributed by atoms with Crippen molar-refractivity contribution in [1.29, 1.82) is 0 Å². The normalized spacial score (nSPS) is 20.9. The summed E-state index contributed by atoms with van der Waals surface area (Å²) in [6.45, 7) is 4.86. The van der Waals surface area contributed by atoms with E-state index in [9.17, 15) is 14.9 Å². The van der Waals surface area contributed by atoms with Gasteiger partial charge < -0.3 is 15.1 Å². The molecule has 0 spiro atoms. The summed E-state index contributed by atoms with van der Waals surface area (Å²) < 4.78 is 0. The fourth-order valence-electron chi connectivity index (χ4n) is 4.40. The van der Waals surface area contributed by atoms with Crippen molar-refractivity contribution in [3.8, 4) is 0 Å². The molecule has 2 aliphatic heterocycles. The second kappa shape index (κ2) is 7.50. The van der Waals surface area contributed by atoms with Crippen LogP contribution >= 0.6 is 0 Å². The van der Waals surface area contributed by atoms with Crippen LogP contribution in [0.3, 0.4) is 0 Å². The standard InChI is InChI=1S/C21H24N4O3/c1-2-22-21(26)18-13-15-12-17(25(27)28)8-9-19(15)24-11-10-23(14-20(18)24)16-6-4-3-5-7-16/h3-9,12,18,20H,2,10-11,13-14H2,1H3,(H,22,26)/t18-,20+/m0/s1. The number of nitro groups is 1. The highest BCUT2D eigenvalue weighted by atomic mass is 16.6. The molecule has 1 fully saturated rings. The van der Waals surface area contributed by atoms with Crippen molar-refractivity contribution in [2.75, 3.05) is 36.0 Å². The van der Waals surface area contributed by atoms with Crippen LogP contribution in [0.1, 0.15) is 12.5 Å². The van der Waals surface area contributed by atoms with Crippen LogP contribution in [0.15, 0.2) is 48.5 Å². The van der Waals surface area contributed by atoms with Crippen molar-refractivity contribution in [2.24, 2.45) is 5.92 Å². The molecule has 0 saturated carbocycles. The number of carbonyl (C=O) groups excluding carboxylic acids is 1. The Kier molecular flexibility index (Phi) is 4.90. The van der Waals surface area contributed by atoms with Crippen molar-refractivity contribution in [3.63, 3.8) is 0 Å². The first-order chi connectivity index (χ1) is 13.6. The third kappa shape index (κ3) is 3.28. The van der Waals surface area contributed by atoms with E-state index in [0.717, 1.165) is 36.6 Å². The Morgan fingerprint density at radius 1 is 1.21 bits per heavy atom. The summed E-state index contributed by atoms with van der Waals surface area (Å²) in [5.74, 6) is -0.217. The number of rotatable bonds is 4. The predicted octanol–water partition coefficient (Wildman–Crippen LogP) is 2.60. The highest BCUT2D eigenvalue weighted by molar-refractivity contribution is 5.82. The summed E-state index contributed by atoms with van der Waals surface area (Å²) in [5.41, 5.74) is 3.14. The largest absolute Gasteiger partial charge is 0.368 e. The molecule has 0 radical (unpaired) electrons. The number of carbonyl (C=O) groups is 1. The average Bonchev–Trinajstić information content (AvgIpc) is 2.73. The molecule has 0 aliphatic carbocycles. The lowest BCUT2D eigenvalue weighted by molar-refractivity contribution is -0.384. The van der Waals surface area contributed by atoms with Crippen LogP contribution in [-0.2, 0) is 11.2 Å². The zero-order valence-corrected chi connectivity index (χ0v) is 15.9. The first-order valence-electron chi connectivity index (χ1n) is 9.70. The lowest BCUT2D eigenvalue weighted by atomic mass is 9.83. The first kappa shape index (κ1) is 18.3. The van der Waals surface area contributed by atoms with Gasteiger partial charge in [0.05, 0.1) is 16.9 Å². The van der Waals surface area contributed by atoms with Gasteiger partial charge in [0.25, 0.3) is 5.69 Å². The van der Waals surface area contributed by atoms with Crippen molar-refractivity contribution < 1.29 is 9.72 Å². The molecule has 7 nitrogen and oxygen atoms in total. The average molecular weight is 380 g/mol. The smallest absolute Gasteiger partial charge is 0.269 e. The predicted molar refractivity (Wildman–Crippen MR) is 109 cm³/mol. The number of fused-ring (bicyclic) bond motifs is 3. The number of piperazine rings is 1. The van der Waals surface area contributed by atoms with Gasteiger partial charge in [-0.25, -0.2) is 0 Å². The van der Waals surface area contributed by atoms with E-state index in [1.165, 1.54) is 0 Å². The fraction of sp³-hybridized carbons (Fsp3) is 0.381. The lowest BCUT2D eigenvalue weighted by Crippen LogP contribution is -2.61. The van der Waals surface area contributed by atoms with Gasteiger partial charge in [-0.05, 0) is 37.1 Å². The Morgan fingerprint density at radius 3 is 2.71 bits per heavy atom. The van der Waals surface area contributed by atoms with Crippen LogP contribution in [0.4, 0.5) is 17.1 Å². The van der Waals surface area contributed by atoms with Gasteiger partial charge in [-0.15, -0.1) is 0 Å². The third-order valence-electron chi connectivity index (χ3n) is 5.72. The van der Waals surface area contributed by atoms with Gasteiger partial charge in [0.2, 0.25) is 5.91 Å². The molecule has 28 heavy (non-hydrogen) atoms. The van der Waals surface area contributed by atoms with Crippen LogP contribution in [0.25, 0.3) is 0 Å². The molecular formula is C21H24N4O3. The summed E-state index contributed by atoms with van der Waals surface area (Å²) in [4.78, 5) is 28.2. The van der Waals surface area contributed by atoms with Crippen molar-refractivity contribution in [3.05, 3.63) is 64.2 Å². The summed E-state index contributed by atoms with van der Waals surface area (Å²) in [7, 11) is 0. The van der Waals surface area contributed by atoms with Crippen LogP contribution in [-0.4, -0.2) is 43.1 Å². The monoisotopic (exact) mass is 380 g/mol. The summed E-state index contributed by atoms with van der Waals surface area (Å²) in [6.07, 6.45) is 0.520. The van der Waals surface area contributed by atoms with Gasteiger partial charge in [0.15, 0.2) is 0 Å². The Hall–Kier alpha value is -3.09. The molecule has 1 saturated heterocycles. The van der Waals surface area contributed by atoms with Crippen LogP contribution in [0.2, 0.25) is 0 Å². The fourth-order valence-corrected chi connectivity index (χ4v) is 4.40. The minimum atomic E-state index is -0.374. The van der Waals surface area contributed by atoms with E-state index in [1.54, 1.807) is 12.1 Å². The number of nitrogens with zero attached hydrogens (tertiary/aromatic N) is 3. The highest BCUT2D eigenvalue weighted by Crippen LogP contribution is 2.38. The molecule has 0 unspecified atom stereocenters. The molecule has 2 heterocycles. The topological polar surface area (TPSA) is 78.7 Å². The minimum Gasteiger partial charge on any atom is -0.368 e. The molecule has 1 amide bonds. The molecule has 146 valence electrons. The second-order valence-corrected chi connectivity index (χ2v) is 7.32. The van der Waals surface area contributed by atoms with Gasteiger partial charge in [-0.1, -0.05) is 18.2 Å². The van der Waals surface area contributed by atoms with E-state index < -0.39 is 0 Å². The molecule has 2 aromatic rings. The van der Waals surface area contributed by atoms with E-state index in [0.29, 0.717) is 13.0 Å². The Labute approximate surface area is 164 Å². The minimum absolute atomic E-state index is 0.0181. The third-order valence-corrected chi connectivity index (χ3v) is 5.72. The molecule has 7 heteroatoms. The van der Waals surface area contributed by atoms with E-state index in [-0.39, 0.29) is 28.5 Å². The van der Waals surface area contributed by atoms with E-state index in [4.69, 9.17) is 0 Å². The SMILES string of the molecule is CCNC(=O)[C@H]1Cc2cc([N+](=O)[O-])ccc2N2CCN(c3ccccc3)C[C@H]12. The molecule has 4 rings (SSSR count). The Bertz CT molecular complexity index is 886. The van der Waals surface area contributed by atoms with E-state index >= 15 is 0 Å². The molecule has 2 aromatic carbocycles. The van der Waals surface area contributed by atoms with Gasteiger partial charge in [-0.3, -0.25) is 14.9 Å². The Balaban J connectivity index is 1.68.